The summed E-state index contributed by atoms with van der Waals surface area (Å²) in [6.07, 6.45) is 7.87. The molecule has 0 saturated heterocycles. The predicted octanol–water partition coefficient (Wildman–Crippen LogP) is 7.12. The van der Waals surface area contributed by atoms with Gasteiger partial charge in [0, 0.05) is 0 Å². The molecule has 5 heteroatoms. The molecule has 0 aromatic heterocycles. The maximum atomic E-state index is 14.3. The van der Waals surface area contributed by atoms with Crippen molar-refractivity contribution in [2.75, 3.05) is 6.61 Å². The van der Waals surface area contributed by atoms with Crippen molar-refractivity contribution in [1.82, 2.24) is 0 Å². The minimum absolute atomic E-state index is 0.0451. The van der Waals surface area contributed by atoms with Gasteiger partial charge in [-0.05, 0) is 89.9 Å². The fourth-order valence-electron chi connectivity index (χ4n) is 3.04. The smallest absolute Gasteiger partial charge is 0.137 e. The summed E-state index contributed by atoms with van der Waals surface area (Å²) in [5.74, 6) is -0.0898. The zero-order valence-corrected chi connectivity index (χ0v) is 16.7. The topological polar surface area (TPSA) is 9.23 Å². The normalized spacial score (nSPS) is 18.5. The van der Waals surface area contributed by atoms with Crippen LogP contribution in [-0.2, 0) is 12.8 Å². The van der Waals surface area contributed by atoms with E-state index < -0.39 is 11.7 Å². The van der Waals surface area contributed by atoms with Gasteiger partial charge in [0.05, 0.1) is 16.9 Å². The molecule has 1 aliphatic rings. The summed E-state index contributed by atoms with van der Waals surface area (Å²) in [6, 6.07) is 3.33. The van der Waals surface area contributed by atoms with Crippen molar-refractivity contribution in [2.45, 2.75) is 46.0 Å². The highest BCUT2D eigenvalue weighted by Crippen LogP contribution is 2.32. The van der Waals surface area contributed by atoms with Gasteiger partial charge in [-0.3, -0.25) is 0 Å². The number of ether oxygens (including phenoxy) is 1. The number of fused-ring (bicyclic) bond motifs is 1. The molecule has 1 aromatic rings. The average Bonchev–Trinajstić information content (AvgIpc) is 2.58. The molecule has 1 nitrogen and oxygen atoms in total. The first-order valence-electron chi connectivity index (χ1n) is 8.90. The van der Waals surface area contributed by atoms with Crippen LogP contribution in [0.15, 0.2) is 46.5 Å². The zero-order chi connectivity index (χ0) is 19.1. The third kappa shape index (κ3) is 6.04. The Morgan fingerprint density at radius 3 is 2.81 bits per heavy atom. The third-order valence-corrected chi connectivity index (χ3v) is 4.92. The summed E-state index contributed by atoms with van der Waals surface area (Å²) >= 11 is 2.97. The molecule has 0 spiro atoms. The predicted molar refractivity (Wildman–Crippen MR) is 103 cm³/mol. The summed E-state index contributed by atoms with van der Waals surface area (Å²) in [6.45, 7) is 4.05. The minimum Gasteiger partial charge on any atom is -0.493 e. The zero-order valence-electron chi connectivity index (χ0n) is 15.1. The lowest BCUT2D eigenvalue weighted by molar-refractivity contribution is 0.212. The van der Waals surface area contributed by atoms with Crippen LogP contribution in [0, 0.1) is 11.7 Å². The second-order valence-corrected chi connectivity index (χ2v) is 7.44. The molecule has 0 fully saturated rings. The van der Waals surface area contributed by atoms with Crippen LogP contribution in [0.25, 0.3) is 0 Å². The lowest BCUT2D eigenvalue weighted by Crippen LogP contribution is -2.21. The molecule has 1 unspecified atom stereocenters. The Balaban J connectivity index is 1.99. The maximum absolute atomic E-state index is 14.3. The van der Waals surface area contributed by atoms with E-state index in [0.717, 1.165) is 36.7 Å². The third-order valence-electron chi connectivity index (χ3n) is 4.31. The standard InChI is InChI=1S/C21H24BrF3O/c1-3-6-15-10-17-11-20(25)16(12-21(17)26-13-15)7-4-5-8-19(24)18(22)9-14(2)23/h5,8-9,11-12,15H,3-4,6-7,10,13H2,1-2H3/b8-5+,14-9+,19-18-. The molecule has 0 amide bonds. The Kier molecular flexibility index (Phi) is 8.01. The number of hydrogen-bond donors (Lipinski definition) is 0. The quantitative estimate of drug-likeness (QED) is 0.420. The second-order valence-electron chi connectivity index (χ2n) is 6.59. The van der Waals surface area contributed by atoms with Crippen LogP contribution >= 0.6 is 15.9 Å². The monoisotopic (exact) mass is 428 g/mol. The maximum Gasteiger partial charge on any atom is 0.137 e. The summed E-state index contributed by atoms with van der Waals surface area (Å²) in [5.41, 5.74) is 1.49. The molecule has 0 aliphatic carbocycles. The van der Waals surface area contributed by atoms with E-state index in [2.05, 4.69) is 22.9 Å². The van der Waals surface area contributed by atoms with E-state index in [-0.39, 0.29) is 10.3 Å². The number of benzene rings is 1. The van der Waals surface area contributed by atoms with Gasteiger partial charge < -0.3 is 4.74 Å². The number of aryl methyl sites for hydroxylation is 1. The summed E-state index contributed by atoms with van der Waals surface area (Å²) in [5, 5.41) is 0. The van der Waals surface area contributed by atoms with Crippen LogP contribution in [-0.4, -0.2) is 6.61 Å². The molecular formula is C21H24BrF3O. The van der Waals surface area contributed by atoms with E-state index in [9.17, 15) is 13.2 Å². The van der Waals surface area contributed by atoms with Gasteiger partial charge in [-0.2, -0.15) is 0 Å². The van der Waals surface area contributed by atoms with Crippen LogP contribution in [0.2, 0.25) is 0 Å². The lowest BCUT2D eigenvalue weighted by atomic mass is 9.92. The molecule has 1 heterocycles. The van der Waals surface area contributed by atoms with Crippen molar-refractivity contribution in [3.8, 4) is 5.75 Å². The fraction of sp³-hybridized carbons (Fsp3) is 0.429. The van der Waals surface area contributed by atoms with Crippen LogP contribution in [0.3, 0.4) is 0 Å². The highest BCUT2D eigenvalue weighted by Gasteiger charge is 2.21. The van der Waals surface area contributed by atoms with Crippen molar-refractivity contribution in [2.24, 2.45) is 5.92 Å². The number of hydrogen-bond acceptors (Lipinski definition) is 1. The Morgan fingerprint density at radius 2 is 2.12 bits per heavy atom. The van der Waals surface area contributed by atoms with Crippen LogP contribution in [0.1, 0.15) is 44.2 Å². The summed E-state index contributed by atoms with van der Waals surface area (Å²) in [7, 11) is 0. The summed E-state index contributed by atoms with van der Waals surface area (Å²) in [4.78, 5) is 0. The first-order chi connectivity index (χ1) is 12.4. The minimum atomic E-state index is -0.571. The van der Waals surface area contributed by atoms with Gasteiger partial charge in [0.25, 0.3) is 0 Å². The average molecular weight is 429 g/mol. The van der Waals surface area contributed by atoms with E-state index in [0.29, 0.717) is 30.9 Å². The van der Waals surface area contributed by atoms with E-state index in [1.54, 1.807) is 18.2 Å². The van der Waals surface area contributed by atoms with Crippen LogP contribution < -0.4 is 4.74 Å². The Labute approximate surface area is 161 Å². The van der Waals surface area contributed by atoms with Crippen molar-refractivity contribution in [3.63, 3.8) is 0 Å². The van der Waals surface area contributed by atoms with Gasteiger partial charge in [-0.25, -0.2) is 13.2 Å². The lowest BCUT2D eigenvalue weighted by Gasteiger charge is -2.25. The molecule has 0 radical (unpaired) electrons. The van der Waals surface area contributed by atoms with Gasteiger partial charge in [-0.15, -0.1) is 0 Å². The molecule has 1 aromatic carbocycles. The largest absolute Gasteiger partial charge is 0.493 e. The molecule has 0 saturated carbocycles. The molecule has 26 heavy (non-hydrogen) atoms. The molecule has 142 valence electrons. The molecule has 0 N–H and O–H groups in total. The highest BCUT2D eigenvalue weighted by atomic mass is 79.9. The molecule has 1 atom stereocenters. The van der Waals surface area contributed by atoms with E-state index >= 15 is 0 Å². The van der Waals surface area contributed by atoms with Crippen molar-refractivity contribution >= 4 is 15.9 Å². The molecule has 1 aliphatic heterocycles. The Hall–Kier alpha value is -1.49. The molecular weight excluding hydrogens is 405 g/mol. The molecule has 0 bridgehead atoms. The number of rotatable bonds is 7. The van der Waals surface area contributed by atoms with Gasteiger partial charge in [-0.1, -0.05) is 19.4 Å². The first kappa shape index (κ1) is 20.8. The number of allylic oxidation sites excluding steroid dienone is 6. The fourth-order valence-corrected chi connectivity index (χ4v) is 3.49. The SMILES string of the molecule is CCCC1COc2cc(CC/C=C/C(F)=C(Br)\C=C(/C)F)c(F)cc2C1. The second kappa shape index (κ2) is 10.0. The number of halogens is 4. The van der Waals surface area contributed by atoms with Gasteiger partial charge in [0.1, 0.15) is 17.4 Å². The first-order valence-corrected chi connectivity index (χ1v) is 9.69. The van der Waals surface area contributed by atoms with Gasteiger partial charge in [0.15, 0.2) is 0 Å². The summed E-state index contributed by atoms with van der Waals surface area (Å²) < 4.78 is 46.6. The van der Waals surface area contributed by atoms with Crippen molar-refractivity contribution in [3.05, 3.63) is 63.4 Å². The van der Waals surface area contributed by atoms with Gasteiger partial charge in [0.2, 0.25) is 0 Å². The Morgan fingerprint density at radius 1 is 1.35 bits per heavy atom. The van der Waals surface area contributed by atoms with Crippen molar-refractivity contribution in [1.29, 1.82) is 0 Å². The van der Waals surface area contributed by atoms with E-state index in [1.165, 1.54) is 13.0 Å². The van der Waals surface area contributed by atoms with E-state index in [1.807, 2.05) is 0 Å². The van der Waals surface area contributed by atoms with Crippen molar-refractivity contribution < 1.29 is 17.9 Å². The van der Waals surface area contributed by atoms with Crippen LogP contribution in [0.4, 0.5) is 13.2 Å². The van der Waals surface area contributed by atoms with Crippen LogP contribution in [0.5, 0.6) is 5.75 Å². The highest BCUT2D eigenvalue weighted by molar-refractivity contribution is 9.11. The Bertz CT molecular complexity index is 718. The van der Waals surface area contributed by atoms with E-state index in [4.69, 9.17) is 4.74 Å². The molecule has 2 rings (SSSR count). The van der Waals surface area contributed by atoms with Gasteiger partial charge >= 0.3 is 0 Å².